The summed E-state index contributed by atoms with van der Waals surface area (Å²) in [7, 11) is 0. The second-order valence-electron chi connectivity index (χ2n) is 6.87. The maximum Gasteiger partial charge on any atom is 0.0351 e. The highest BCUT2D eigenvalue weighted by atomic mass is 15.4. The van der Waals surface area contributed by atoms with Gasteiger partial charge < -0.3 is 0 Å². The minimum absolute atomic E-state index is 0.381. The zero-order valence-corrected chi connectivity index (χ0v) is 10.5. The molecule has 2 nitrogen and oxygen atoms in total. The summed E-state index contributed by atoms with van der Waals surface area (Å²) in [5, 5.41) is 0. The van der Waals surface area contributed by atoms with Gasteiger partial charge in [-0.3, -0.25) is 9.80 Å². The molecule has 0 bridgehead atoms. The summed E-state index contributed by atoms with van der Waals surface area (Å²) in [5.74, 6) is 3.17. The SMILES string of the molecule is CC1C2CN(C3CN(C(C)(C)C)C3)CC12. The first-order valence-electron chi connectivity index (χ1n) is 6.46. The first kappa shape index (κ1) is 10.1. The molecule has 2 atom stereocenters. The second kappa shape index (κ2) is 2.98. The van der Waals surface area contributed by atoms with E-state index in [-0.39, 0.29) is 0 Å². The minimum Gasteiger partial charge on any atom is -0.297 e. The molecule has 2 saturated heterocycles. The van der Waals surface area contributed by atoms with Crippen LogP contribution in [-0.4, -0.2) is 47.6 Å². The smallest absolute Gasteiger partial charge is 0.0351 e. The van der Waals surface area contributed by atoms with Gasteiger partial charge in [-0.2, -0.15) is 0 Å². The Morgan fingerprint density at radius 1 is 0.933 bits per heavy atom. The Balaban J connectivity index is 1.49. The number of fused-ring (bicyclic) bond motifs is 1. The van der Waals surface area contributed by atoms with Gasteiger partial charge in [0.15, 0.2) is 0 Å². The van der Waals surface area contributed by atoms with Gasteiger partial charge in [-0.05, 0) is 38.5 Å². The van der Waals surface area contributed by atoms with Crippen molar-refractivity contribution in [3.63, 3.8) is 0 Å². The molecule has 2 unspecified atom stereocenters. The van der Waals surface area contributed by atoms with Crippen LogP contribution in [0.4, 0.5) is 0 Å². The van der Waals surface area contributed by atoms with Crippen LogP contribution in [0.3, 0.4) is 0 Å². The Labute approximate surface area is 93.6 Å². The van der Waals surface area contributed by atoms with Gasteiger partial charge in [0.1, 0.15) is 0 Å². The summed E-state index contributed by atoms with van der Waals surface area (Å²) < 4.78 is 0. The third-order valence-electron chi connectivity index (χ3n) is 4.98. The lowest BCUT2D eigenvalue weighted by atomic mass is 9.96. The normalized spacial score (nSPS) is 42.8. The number of hydrogen-bond acceptors (Lipinski definition) is 2. The highest BCUT2D eigenvalue weighted by Crippen LogP contribution is 2.52. The quantitative estimate of drug-likeness (QED) is 0.647. The van der Waals surface area contributed by atoms with E-state index in [4.69, 9.17) is 0 Å². The van der Waals surface area contributed by atoms with Crippen LogP contribution < -0.4 is 0 Å². The van der Waals surface area contributed by atoms with Crippen LogP contribution >= 0.6 is 0 Å². The fourth-order valence-electron chi connectivity index (χ4n) is 3.39. The van der Waals surface area contributed by atoms with Crippen molar-refractivity contribution in [3.8, 4) is 0 Å². The van der Waals surface area contributed by atoms with Crippen LogP contribution in [0.5, 0.6) is 0 Å². The lowest BCUT2D eigenvalue weighted by molar-refractivity contribution is -0.0187. The molecule has 86 valence electrons. The maximum atomic E-state index is 2.75. The highest BCUT2D eigenvalue weighted by molar-refractivity contribution is 5.06. The number of likely N-dealkylation sites (tertiary alicyclic amines) is 2. The first-order chi connectivity index (χ1) is 6.97. The standard InChI is InChI=1S/C13H24N2/c1-9-11-7-14(8-12(9)11)10-5-15(6-10)13(2,3)4/h9-12H,5-8H2,1-4H3. The van der Waals surface area contributed by atoms with Crippen molar-refractivity contribution in [1.29, 1.82) is 0 Å². The molecular weight excluding hydrogens is 184 g/mol. The summed E-state index contributed by atoms with van der Waals surface area (Å²) in [6, 6.07) is 0.879. The molecule has 0 aromatic carbocycles. The summed E-state index contributed by atoms with van der Waals surface area (Å²) in [6.45, 7) is 14.8. The maximum absolute atomic E-state index is 2.75. The molecule has 3 rings (SSSR count). The molecule has 0 spiro atoms. The Morgan fingerprint density at radius 3 is 1.93 bits per heavy atom. The molecule has 0 N–H and O–H groups in total. The van der Waals surface area contributed by atoms with Gasteiger partial charge in [0.2, 0.25) is 0 Å². The number of piperidine rings is 1. The first-order valence-corrected chi connectivity index (χ1v) is 6.46. The van der Waals surface area contributed by atoms with Crippen LogP contribution in [0.2, 0.25) is 0 Å². The summed E-state index contributed by atoms with van der Waals surface area (Å²) in [4.78, 5) is 5.35. The Kier molecular flexibility index (Phi) is 2.01. The van der Waals surface area contributed by atoms with Crippen molar-refractivity contribution in [2.75, 3.05) is 26.2 Å². The van der Waals surface area contributed by atoms with Crippen molar-refractivity contribution in [1.82, 2.24) is 9.80 Å². The van der Waals surface area contributed by atoms with Crippen LogP contribution in [0.25, 0.3) is 0 Å². The van der Waals surface area contributed by atoms with Crippen molar-refractivity contribution in [2.24, 2.45) is 17.8 Å². The van der Waals surface area contributed by atoms with E-state index in [0.29, 0.717) is 5.54 Å². The molecule has 2 heteroatoms. The lowest BCUT2D eigenvalue weighted by Crippen LogP contribution is -2.64. The number of nitrogens with zero attached hydrogens (tertiary/aromatic N) is 2. The monoisotopic (exact) mass is 208 g/mol. The van der Waals surface area contributed by atoms with Crippen molar-refractivity contribution in [3.05, 3.63) is 0 Å². The minimum atomic E-state index is 0.381. The van der Waals surface area contributed by atoms with Crippen LogP contribution in [0.15, 0.2) is 0 Å². The summed E-state index contributed by atoms with van der Waals surface area (Å²) >= 11 is 0. The van der Waals surface area contributed by atoms with Crippen LogP contribution in [-0.2, 0) is 0 Å². The fraction of sp³-hybridized carbons (Fsp3) is 1.00. The van der Waals surface area contributed by atoms with Crippen molar-refractivity contribution < 1.29 is 0 Å². The van der Waals surface area contributed by atoms with E-state index in [1.807, 2.05) is 0 Å². The fourth-order valence-corrected chi connectivity index (χ4v) is 3.39. The molecule has 15 heavy (non-hydrogen) atoms. The third kappa shape index (κ3) is 1.53. The molecule has 0 aromatic rings. The topological polar surface area (TPSA) is 6.48 Å². The second-order valence-corrected chi connectivity index (χ2v) is 6.87. The molecule has 0 radical (unpaired) electrons. The molecule has 3 aliphatic rings. The predicted molar refractivity (Wildman–Crippen MR) is 62.8 cm³/mol. The molecule has 0 aromatic heterocycles. The Hall–Kier alpha value is -0.0800. The average molecular weight is 208 g/mol. The van der Waals surface area contributed by atoms with Gasteiger partial charge >= 0.3 is 0 Å². The molecule has 0 amide bonds. The van der Waals surface area contributed by atoms with Gasteiger partial charge in [-0.25, -0.2) is 0 Å². The summed E-state index contributed by atoms with van der Waals surface area (Å²) in [5.41, 5.74) is 0.381. The number of hydrogen-bond donors (Lipinski definition) is 0. The van der Waals surface area contributed by atoms with E-state index in [1.165, 1.54) is 26.2 Å². The zero-order chi connectivity index (χ0) is 10.8. The van der Waals surface area contributed by atoms with Crippen LogP contribution in [0.1, 0.15) is 27.7 Å². The zero-order valence-electron chi connectivity index (χ0n) is 10.5. The van der Waals surface area contributed by atoms with Gasteiger partial charge in [0, 0.05) is 37.8 Å². The summed E-state index contributed by atoms with van der Waals surface area (Å²) in [6.07, 6.45) is 0. The third-order valence-corrected chi connectivity index (χ3v) is 4.98. The Bertz CT molecular complexity index is 250. The number of rotatable bonds is 1. The van der Waals surface area contributed by atoms with Gasteiger partial charge in [-0.15, -0.1) is 0 Å². The van der Waals surface area contributed by atoms with Gasteiger partial charge in [0.25, 0.3) is 0 Å². The van der Waals surface area contributed by atoms with Gasteiger partial charge in [-0.1, -0.05) is 6.92 Å². The highest BCUT2D eigenvalue weighted by Gasteiger charge is 2.55. The van der Waals surface area contributed by atoms with E-state index >= 15 is 0 Å². The van der Waals surface area contributed by atoms with E-state index in [9.17, 15) is 0 Å². The molecule has 1 saturated carbocycles. The van der Waals surface area contributed by atoms with E-state index < -0.39 is 0 Å². The lowest BCUT2D eigenvalue weighted by Gasteiger charge is -2.51. The molecule has 3 fully saturated rings. The predicted octanol–water partition coefficient (Wildman–Crippen LogP) is 1.67. The van der Waals surface area contributed by atoms with Crippen molar-refractivity contribution >= 4 is 0 Å². The largest absolute Gasteiger partial charge is 0.297 e. The Morgan fingerprint density at radius 2 is 1.47 bits per heavy atom. The molecular formula is C13H24N2. The van der Waals surface area contributed by atoms with Crippen molar-refractivity contribution in [2.45, 2.75) is 39.3 Å². The van der Waals surface area contributed by atoms with E-state index in [1.54, 1.807) is 0 Å². The van der Waals surface area contributed by atoms with Gasteiger partial charge in [0.05, 0.1) is 0 Å². The van der Waals surface area contributed by atoms with E-state index in [2.05, 4.69) is 37.5 Å². The molecule has 2 aliphatic heterocycles. The van der Waals surface area contributed by atoms with Crippen LogP contribution in [0, 0.1) is 17.8 Å². The molecule has 2 heterocycles. The van der Waals surface area contributed by atoms with E-state index in [0.717, 1.165) is 23.8 Å². The average Bonchev–Trinajstić information content (AvgIpc) is 2.52. The molecule has 1 aliphatic carbocycles.